The Morgan fingerprint density at radius 3 is 2.76 bits per heavy atom. The van der Waals surface area contributed by atoms with Crippen LogP contribution in [0, 0.1) is 5.92 Å². The second kappa shape index (κ2) is 10.0. The minimum absolute atomic E-state index is 0.360. The normalized spacial score (nSPS) is 12.5. The summed E-state index contributed by atoms with van der Waals surface area (Å²) in [7, 11) is 1.63. The quantitative estimate of drug-likeness (QED) is 0.625. The van der Waals surface area contributed by atoms with E-state index in [-0.39, 0.29) is 0 Å². The van der Waals surface area contributed by atoms with Gasteiger partial charge in [0.1, 0.15) is 5.75 Å². The summed E-state index contributed by atoms with van der Waals surface area (Å²) in [4.78, 5) is 0. The molecule has 5 heteroatoms. The van der Waals surface area contributed by atoms with E-state index in [0.717, 1.165) is 28.8 Å². The van der Waals surface area contributed by atoms with E-state index in [9.17, 15) is 5.11 Å². The lowest BCUT2D eigenvalue weighted by molar-refractivity contribution is 0.0409. The van der Waals surface area contributed by atoms with Gasteiger partial charge in [-0.25, -0.2) is 0 Å². The topological polar surface area (TPSA) is 50.7 Å². The Labute approximate surface area is 136 Å². The summed E-state index contributed by atoms with van der Waals surface area (Å²) in [5.74, 6) is 1.46. The lowest BCUT2D eigenvalue weighted by Crippen LogP contribution is -2.25. The predicted molar refractivity (Wildman–Crippen MR) is 90.1 cm³/mol. The number of nitrogens with one attached hydrogen (secondary N) is 1. The molecule has 1 aromatic rings. The molecule has 0 amide bonds. The summed E-state index contributed by atoms with van der Waals surface area (Å²) >= 11 is 3.41. The standard InChI is InChI=1S/C16H26BrNO3/c1-12(2)5-4-8-21-11-14(19)10-18-13-6-7-15(17)16(9-13)20-3/h6-7,9,12,14,18-19H,4-5,8,10-11H2,1-3H3. The zero-order valence-corrected chi connectivity index (χ0v) is 14.6. The highest BCUT2D eigenvalue weighted by atomic mass is 79.9. The molecule has 21 heavy (non-hydrogen) atoms. The summed E-state index contributed by atoms with van der Waals surface area (Å²) in [6, 6.07) is 5.74. The van der Waals surface area contributed by atoms with Crippen molar-refractivity contribution in [1.82, 2.24) is 0 Å². The molecule has 2 N–H and O–H groups in total. The number of aliphatic hydroxyl groups is 1. The summed E-state index contributed by atoms with van der Waals surface area (Å²) < 4.78 is 11.6. The van der Waals surface area contributed by atoms with Crippen molar-refractivity contribution in [1.29, 1.82) is 0 Å². The maximum Gasteiger partial charge on any atom is 0.135 e. The Kier molecular flexibility index (Phi) is 8.73. The van der Waals surface area contributed by atoms with Gasteiger partial charge >= 0.3 is 0 Å². The van der Waals surface area contributed by atoms with E-state index >= 15 is 0 Å². The summed E-state index contributed by atoms with van der Waals surface area (Å²) in [5.41, 5.74) is 0.911. The lowest BCUT2D eigenvalue weighted by atomic mass is 10.1. The third-order valence-electron chi connectivity index (χ3n) is 3.07. The minimum atomic E-state index is -0.515. The molecular formula is C16H26BrNO3. The Morgan fingerprint density at radius 1 is 1.33 bits per heavy atom. The van der Waals surface area contributed by atoms with Crippen LogP contribution in [0.3, 0.4) is 0 Å². The fraction of sp³-hybridized carbons (Fsp3) is 0.625. The van der Waals surface area contributed by atoms with Crippen LogP contribution in [-0.4, -0.2) is 38.1 Å². The van der Waals surface area contributed by atoms with Gasteiger partial charge < -0.3 is 19.9 Å². The van der Waals surface area contributed by atoms with Gasteiger partial charge in [0, 0.05) is 24.9 Å². The van der Waals surface area contributed by atoms with Crippen molar-refractivity contribution in [3.8, 4) is 5.75 Å². The van der Waals surface area contributed by atoms with Crippen molar-refractivity contribution in [2.45, 2.75) is 32.8 Å². The van der Waals surface area contributed by atoms with E-state index in [1.165, 1.54) is 0 Å². The number of rotatable bonds is 10. The zero-order chi connectivity index (χ0) is 15.7. The first-order valence-corrected chi connectivity index (χ1v) is 8.15. The van der Waals surface area contributed by atoms with E-state index in [1.807, 2.05) is 18.2 Å². The number of hydrogen-bond acceptors (Lipinski definition) is 4. The molecule has 1 aromatic carbocycles. The average molecular weight is 360 g/mol. The molecule has 0 heterocycles. The van der Waals surface area contributed by atoms with Crippen molar-refractivity contribution in [2.75, 3.05) is 32.2 Å². The van der Waals surface area contributed by atoms with Gasteiger partial charge in [0.2, 0.25) is 0 Å². The smallest absolute Gasteiger partial charge is 0.135 e. The third kappa shape index (κ3) is 7.69. The molecule has 1 unspecified atom stereocenters. The largest absolute Gasteiger partial charge is 0.495 e. The van der Waals surface area contributed by atoms with Crippen molar-refractivity contribution in [3.05, 3.63) is 22.7 Å². The van der Waals surface area contributed by atoms with Gasteiger partial charge in [0.15, 0.2) is 0 Å². The predicted octanol–water partition coefficient (Wildman–Crippen LogP) is 3.68. The van der Waals surface area contributed by atoms with Crippen molar-refractivity contribution in [3.63, 3.8) is 0 Å². The molecule has 0 saturated carbocycles. The highest BCUT2D eigenvalue weighted by Gasteiger charge is 2.06. The maximum atomic E-state index is 9.87. The van der Waals surface area contributed by atoms with Crippen molar-refractivity contribution < 1.29 is 14.6 Å². The number of aliphatic hydroxyl groups excluding tert-OH is 1. The fourth-order valence-corrected chi connectivity index (χ4v) is 2.29. The molecule has 1 rings (SSSR count). The molecule has 0 saturated heterocycles. The van der Waals surface area contributed by atoms with Crippen LogP contribution in [0.2, 0.25) is 0 Å². The molecular weight excluding hydrogens is 334 g/mol. The van der Waals surface area contributed by atoms with Crippen molar-refractivity contribution >= 4 is 21.6 Å². The van der Waals surface area contributed by atoms with E-state index in [4.69, 9.17) is 9.47 Å². The first kappa shape index (κ1) is 18.3. The van der Waals surface area contributed by atoms with Crippen LogP contribution < -0.4 is 10.1 Å². The Bertz CT molecular complexity index is 413. The van der Waals surface area contributed by atoms with E-state index in [1.54, 1.807) is 7.11 Å². The summed E-state index contributed by atoms with van der Waals surface area (Å²) in [6.07, 6.45) is 1.69. The SMILES string of the molecule is COc1cc(NCC(O)COCCCC(C)C)ccc1Br. The molecule has 0 aromatic heterocycles. The Hall–Kier alpha value is -0.780. The number of anilines is 1. The van der Waals surface area contributed by atoms with E-state index in [0.29, 0.717) is 25.7 Å². The minimum Gasteiger partial charge on any atom is -0.495 e. The first-order chi connectivity index (χ1) is 10.0. The van der Waals surface area contributed by atoms with Crippen LogP contribution in [0.4, 0.5) is 5.69 Å². The van der Waals surface area contributed by atoms with E-state index < -0.39 is 6.10 Å². The van der Waals surface area contributed by atoms with Crippen LogP contribution in [0.5, 0.6) is 5.75 Å². The van der Waals surface area contributed by atoms with Crippen LogP contribution in [0.1, 0.15) is 26.7 Å². The second-order valence-corrected chi connectivity index (χ2v) is 6.35. The molecule has 0 radical (unpaired) electrons. The second-order valence-electron chi connectivity index (χ2n) is 5.50. The number of halogens is 1. The number of methoxy groups -OCH3 is 1. The van der Waals surface area contributed by atoms with Crippen LogP contribution in [0.15, 0.2) is 22.7 Å². The summed E-state index contributed by atoms with van der Waals surface area (Å²) in [6.45, 7) is 5.92. The van der Waals surface area contributed by atoms with Crippen LogP contribution >= 0.6 is 15.9 Å². The highest BCUT2D eigenvalue weighted by molar-refractivity contribution is 9.10. The van der Waals surface area contributed by atoms with Crippen LogP contribution in [-0.2, 0) is 4.74 Å². The third-order valence-corrected chi connectivity index (χ3v) is 3.73. The van der Waals surface area contributed by atoms with Crippen molar-refractivity contribution in [2.24, 2.45) is 5.92 Å². The van der Waals surface area contributed by atoms with Gasteiger partial charge in [-0.1, -0.05) is 13.8 Å². The monoisotopic (exact) mass is 359 g/mol. The molecule has 1 atom stereocenters. The average Bonchev–Trinajstić information content (AvgIpc) is 2.45. The van der Waals surface area contributed by atoms with Gasteiger partial charge in [-0.3, -0.25) is 0 Å². The lowest BCUT2D eigenvalue weighted by Gasteiger charge is -2.14. The molecule has 120 valence electrons. The molecule has 0 spiro atoms. The van der Waals surface area contributed by atoms with Gasteiger partial charge in [-0.05, 0) is 46.8 Å². The van der Waals surface area contributed by atoms with E-state index in [2.05, 4.69) is 35.1 Å². The molecule has 0 fully saturated rings. The number of ether oxygens (including phenoxy) is 2. The summed E-state index contributed by atoms with van der Waals surface area (Å²) in [5, 5.41) is 13.0. The van der Waals surface area contributed by atoms with Gasteiger partial charge in [0.05, 0.1) is 24.3 Å². The number of hydrogen-bond donors (Lipinski definition) is 2. The Morgan fingerprint density at radius 2 is 2.10 bits per heavy atom. The van der Waals surface area contributed by atoms with Crippen LogP contribution in [0.25, 0.3) is 0 Å². The Balaban J connectivity index is 2.22. The zero-order valence-electron chi connectivity index (χ0n) is 13.1. The van der Waals surface area contributed by atoms with Gasteiger partial charge in [0.25, 0.3) is 0 Å². The van der Waals surface area contributed by atoms with Gasteiger partial charge in [-0.2, -0.15) is 0 Å². The first-order valence-electron chi connectivity index (χ1n) is 7.36. The van der Waals surface area contributed by atoms with Gasteiger partial charge in [-0.15, -0.1) is 0 Å². The molecule has 0 aliphatic carbocycles. The maximum absolute atomic E-state index is 9.87. The highest BCUT2D eigenvalue weighted by Crippen LogP contribution is 2.27. The molecule has 4 nitrogen and oxygen atoms in total. The molecule has 0 aliphatic heterocycles. The fourth-order valence-electron chi connectivity index (χ4n) is 1.88. The molecule has 0 bridgehead atoms. The molecule has 0 aliphatic rings. The number of benzene rings is 1.